The summed E-state index contributed by atoms with van der Waals surface area (Å²) in [4.78, 5) is 46.2. The minimum Gasteiger partial charge on any atom is -0.343 e. The van der Waals surface area contributed by atoms with Crippen molar-refractivity contribution in [3.63, 3.8) is 0 Å². The van der Waals surface area contributed by atoms with Crippen LogP contribution in [0.3, 0.4) is 0 Å². The van der Waals surface area contributed by atoms with Crippen LogP contribution in [0, 0.1) is 11.8 Å². The number of likely N-dealkylation sites (tertiary alicyclic amines) is 2. The third-order valence-electron chi connectivity index (χ3n) is 7.87. The van der Waals surface area contributed by atoms with Crippen LogP contribution in [0.15, 0.2) is 11.6 Å². The number of hydrogen-bond acceptors (Lipinski definition) is 4. The zero-order chi connectivity index (χ0) is 27.0. The summed E-state index contributed by atoms with van der Waals surface area (Å²) in [6.45, 7) is 16.7. The third kappa shape index (κ3) is 8.06. The van der Waals surface area contributed by atoms with Gasteiger partial charge in [-0.3, -0.25) is 19.3 Å². The van der Waals surface area contributed by atoms with Gasteiger partial charge in [-0.05, 0) is 64.8 Å². The minimum absolute atomic E-state index is 0.0448. The quantitative estimate of drug-likeness (QED) is 0.477. The van der Waals surface area contributed by atoms with Gasteiger partial charge in [0, 0.05) is 31.8 Å². The second-order valence-electron chi connectivity index (χ2n) is 11.8. The van der Waals surface area contributed by atoms with E-state index in [1.165, 1.54) is 12.8 Å². The number of likely N-dealkylation sites (N-methyl/N-ethyl adjacent to an activating group) is 1. The van der Waals surface area contributed by atoms with Crippen molar-refractivity contribution in [3.8, 4) is 0 Å². The maximum atomic E-state index is 13.7. The molecule has 2 rings (SSSR count). The number of carbonyl (C=O) groups excluding carboxylic acids is 3. The van der Waals surface area contributed by atoms with Crippen LogP contribution in [0.2, 0.25) is 0 Å². The highest BCUT2D eigenvalue weighted by Gasteiger charge is 2.36. The Labute approximate surface area is 220 Å². The molecule has 0 aromatic rings. The van der Waals surface area contributed by atoms with Gasteiger partial charge in [0.15, 0.2) is 0 Å². The number of piperidine rings is 1. The highest BCUT2D eigenvalue weighted by Crippen LogP contribution is 2.22. The van der Waals surface area contributed by atoms with Crippen LogP contribution in [-0.4, -0.2) is 83.3 Å². The van der Waals surface area contributed by atoms with Crippen molar-refractivity contribution in [3.05, 3.63) is 11.6 Å². The van der Waals surface area contributed by atoms with Gasteiger partial charge in [0.05, 0.1) is 12.1 Å². The number of hydrogen-bond donors (Lipinski definition) is 1. The molecule has 36 heavy (non-hydrogen) atoms. The van der Waals surface area contributed by atoms with E-state index >= 15 is 0 Å². The first-order chi connectivity index (χ1) is 17.0. The smallest absolute Gasteiger partial charge is 0.249 e. The maximum Gasteiger partial charge on any atom is 0.249 e. The molecule has 1 N–H and O–H groups in total. The minimum atomic E-state index is -0.602. The van der Waals surface area contributed by atoms with Gasteiger partial charge in [-0.1, -0.05) is 53.0 Å². The van der Waals surface area contributed by atoms with E-state index in [2.05, 4.69) is 37.9 Å². The van der Waals surface area contributed by atoms with Crippen LogP contribution in [0.4, 0.5) is 0 Å². The van der Waals surface area contributed by atoms with E-state index in [4.69, 9.17) is 0 Å². The van der Waals surface area contributed by atoms with E-state index in [-0.39, 0.29) is 47.7 Å². The fourth-order valence-electron chi connectivity index (χ4n) is 5.58. The van der Waals surface area contributed by atoms with Gasteiger partial charge in [0.25, 0.3) is 0 Å². The first-order valence-electron chi connectivity index (χ1n) is 14.3. The Balaban J connectivity index is 2.17. The van der Waals surface area contributed by atoms with Gasteiger partial charge >= 0.3 is 0 Å². The average Bonchev–Trinajstić information content (AvgIpc) is 3.13. The molecule has 2 saturated heterocycles. The molecule has 3 amide bonds. The molecule has 2 fully saturated rings. The topological polar surface area (TPSA) is 73.0 Å². The van der Waals surface area contributed by atoms with Crippen molar-refractivity contribution in [2.24, 2.45) is 11.8 Å². The predicted octanol–water partition coefficient (Wildman–Crippen LogP) is 4.22. The zero-order valence-electron chi connectivity index (χ0n) is 24.2. The van der Waals surface area contributed by atoms with Gasteiger partial charge in [0.1, 0.15) is 6.04 Å². The summed E-state index contributed by atoms with van der Waals surface area (Å²) in [5.74, 6) is 0.00663. The predicted molar refractivity (Wildman–Crippen MR) is 146 cm³/mol. The van der Waals surface area contributed by atoms with Crippen molar-refractivity contribution in [2.45, 2.75) is 118 Å². The van der Waals surface area contributed by atoms with E-state index in [0.29, 0.717) is 5.57 Å². The van der Waals surface area contributed by atoms with E-state index < -0.39 is 6.04 Å². The van der Waals surface area contributed by atoms with Crippen molar-refractivity contribution in [1.29, 1.82) is 0 Å². The Hall–Kier alpha value is -1.89. The van der Waals surface area contributed by atoms with E-state index in [9.17, 15) is 14.4 Å². The Morgan fingerprint density at radius 1 is 0.861 bits per heavy atom. The van der Waals surface area contributed by atoms with Gasteiger partial charge in [0.2, 0.25) is 17.7 Å². The van der Waals surface area contributed by atoms with Crippen LogP contribution in [0.1, 0.15) is 93.4 Å². The molecular weight excluding hydrogens is 452 g/mol. The normalized spacial score (nSPS) is 21.9. The lowest BCUT2D eigenvalue weighted by molar-refractivity contribution is -0.140. The molecule has 0 spiro atoms. The monoisotopic (exact) mass is 504 g/mol. The molecule has 2 heterocycles. The van der Waals surface area contributed by atoms with Crippen molar-refractivity contribution in [1.82, 2.24) is 20.0 Å². The summed E-state index contributed by atoms with van der Waals surface area (Å²) in [7, 11) is 1.80. The molecule has 7 heteroatoms. The number of amides is 3. The van der Waals surface area contributed by atoms with E-state index in [1.807, 2.05) is 31.7 Å². The Kier molecular flexibility index (Phi) is 11.9. The molecule has 7 nitrogen and oxygen atoms in total. The second-order valence-corrected chi connectivity index (χ2v) is 11.8. The molecule has 0 aliphatic carbocycles. The lowest BCUT2D eigenvalue weighted by atomic mass is 9.95. The fraction of sp³-hybridized carbons (Fsp3) is 0.828. The summed E-state index contributed by atoms with van der Waals surface area (Å²) >= 11 is 0. The van der Waals surface area contributed by atoms with Gasteiger partial charge < -0.3 is 15.1 Å². The van der Waals surface area contributed by atoms with E-state index in [1.54, 1.807) is 11.9 Å². The standard InChI is InChI=1S/C29H52N4O3/c1-20(2)25(19-23(7)28(35)32-16-12-9-10-13-17-32)31(8)29(36)26(21(3)4)30-27(34)24-15-11-14-18-33(24)22(5)6/h19-22,24-26H,9-18H2,1-8H3,(H,30,34)/b23-19+. The summed E-state index contributed by atoms with van der Waals surface area (Å²) < 4.78 is 0. The van der Waals surface area contributed by atoms with Gasteiger partial charge in [-0.25, -0.2) is 0 Å². The molecule has 3 atom stereocenters. The molecule has 2 aliphatic heterocycles. The number of carbonyl (C=O) groups is 3. The Morgan fingerprint density at radius 3 is 1.97 bits per heavy atom. The highest BCUT2D eigenvalue weighted by atomic mass is 16.2. The van der Waals surface area contributed by atoms with Crippen LogP contribution in [0.25, 0.3) is 0 Å². The molecule has 206 valence electrons. The third-order valence-corrected chi connectivity index (χ3v) is 7.87. The number of nitrogens with one attached hydrogen (secondary N) is 1. The average molecular weight is 505 g/mol. The highest BCUT2D eigenvalue weighted by molar-refractivity contribution is 5.93. The lowest BCUT2D eigenvalue weighted by Gasteiger charge is -2.39. The van der Waals surface area contributed by atoms with Gasteiger partial charge in [-0.15, -0.1) is 0 Å². The van der Waals surface area contributed by atoms with Crippen molar-refractivity contribution in [2.75, 3.05) is 26.7 Å². The van der Waals surface area contributed by atoms with Crippen LogP contribution < -0.4 is 5.32 Å². The number of rotatable bonds is 9. The molecule has 0 bridgehead atoms. The fourth-order valence-corrected chi connectivity index (χ4v) is 5.58. The summed E-state index contributed by atoms with van der Waals surface area (Å²) in [6.07, 6.45) is 9.38. The van der Waals surface area contributed by atoms with Crippen molar-refractivity contribution >= 4 is 17.7 Å². The second kappa shape index (κ2) is 14.2. The Morgan fingerprint density at radius 2 is 1.44 bits per heavy atom. The maximum absolute atomic E-state index is 13.7. The molecular formula is C29H52N4O3. The van der Waals surface area contributed by atoms with Crippen LogP contribution in [-0.2, 0) is 14.4 Å². The molecule has 0 radical (unpaired) electrons. The first kappa shape index (κ1) is 30.3. The molecule has 0 aromatic heterocycles. The molecule has 3 unspecified atom stereocenters. The SMILES string of the molecule is C/C(=C\C(C(C)C)N(C)C(=O)C(NC(=O)C1CCCCN1C(C)C)C(C)C)C(=O)N1CCCCCC1. The van der Waals surface area contributed by atoms with E-state index in [0.717, 1.165) is 51.7 Å². The largest absolute Gasteiger partial charge is 0.343 e. The zero-order valence-corrected chi connectivity index (χ0v) is 24.2. The lowest BCUT2D eigenvalue weighted by Crippen LogP contribution is -2.58. The van der Waals surface area contributed by atoms with Crippen LogP contribution in [0.5, 0.6) is 0 Å². The van der Waals surface area contributed by atoms with Crippen molar-refractivity contribution < 1.29 is 14.4 Å². The summed E-state index contributed by atoms with van der Waals surface area (Å²) in [6, 6.07) is -0.729. The molecule has 0 saturated carbocycles. The Bertz CT molecular complexity index is 768. The van der Waals surface area contributed by atoms with Crippen LogP contribution >= 0.6 is 0 Å². The van der Waals surface area contributed by atoms with Gasteiger partial charge in [-0.2, -0.15) is 0 Å². The molecule has 0 aromatic carbocycles. The molecule has 2 aliphatic rings. The summed E-state index contributed by atoms with van der Waals surface area (Å²) in [5.41, 5.74) is 0.690. The number of nitrogens with zero attached hydrogens (tertiary/aromatic N) is 3. The summed E-state index contributed by atoms with van der Waals surface area (Å²) in [5, 5.41) is 3.11. The first-order valence-corrected chi connectivity index (χ1v) is 14.3.